The lowest BCUT2D eigenvalue weighted by Crippen LogP contribution is -2.41. The molecule has 0 bridgehead atoms. The van der Waals surface area contributed by atoms with Crippen LogP contribution in [0.5, 0.6) is 0 Å². The number of carbonyl (C=O) groups excluding carboxylic acids is 1. The van der Waals surface area contributed by atoms with Gasteiger partial charge >= 0.3 is 0 Å². The van der Waals surface area contributed by atoms with E-state index >= 15 is 0 Å². The fourth-order valence-corrected chi connectivity index (χ4v) is 3.81. The van der Waals surface area contributed by atoms with Crippen molar-refractivity contribution < 1.29 is 4.79 Å². The second-order valence-corrected chi connectivity index (χ2v) is 7.64. The van der Waals surface area contributed by atoms with Gasteiger partial charge in [0, 0.05) is 37.7 Å². The Kier molecular flexibility index (Phi) is 7.52. The van der Waals surface area contributed by atoms with E-state index in [2.05, 4.69) is 34.3 Å². The Bertz CT molecular complexity index is 515. The third-order valence-corrected chi connectivity index (χ3v) is 5.97. The van der Waals surface area contributed by atoms with E-state index in [0.717, 1.165) is 25.2 Å². The number of rotatable bonds is 8. The monoisotopic (exact) mass is 353 g/mol. The summed E-state index contributed by atoms with van der Waals surface area (Å²) in [6.07, 6.45) is 8.33. The molecule has 6 nitrogen and oxygen atoms in total. The number of tetrazole rings is 1. The number of hydrogen-bond donors (Lipinski definition) is 1. The number of hydrogen-bond acceptors (Lipinski definition) is 5. The molecule has 24 heavy (non-hydrogen) atoms. The molecule has 2 rings (SSSR count). The molecule has 1 aromatic rings. The van der Waals surface area contributed by atoms with Crippen molar-refractivity contribution in [3.63, 3.8) is 0 Å². The Balaban J connectivity index is 1.79. The van der Waals surface area contributed by atoms with Gasteiger partial charge in [0.15, 0.2) is 5.82 Å². The molecule has 1 amide bonds. The topological polar surface area (TPSA) is 63.9 Å². The Morgan fingerprint density at radius 3 is 2.67 bits per heavy atom. The quantitative estimate of drug-likeness (QED) is 0.730. The summed E-state index contributed by atoms with van der Waals surface area (Å²) in [4.78, 5) is 14.7. The highest BCUT2D eigenvalue weighted by molar-refractivity contribution is 7.81. The number of thiol groups is 1. The maximum atomic E-state index is 12.6. The van der Waals surface area contributed by atoms with Crippen molar-refractivity contribution in [1.29, 1.82) is 0 Å². The van der Waals surface area contributed by atoms with E-state index < -0.39 is 0 Å². The van der Waals surface area contributed by atoms with Crippen molar-refractivity contribution in [1.82, 2.24) is 25.1 Å². The summed E-state index contributed by atoms with van der Waals surface area (Å²) in [6.45, 7) is 5.06. The predicted octanol–water partition coefficient (Wildman–Crippen LogP) is 2.65. The average molecular weight is 354 g/mol. The van der Waals surface area contributed by atoms with Crippen LogP contribution in [-0.2, 0) is 18.3 Å². The normalized spacial score (nSPS) is 18.3. The van der Waals surface area contributed by atoms with Gasteiger partial charge in [-0.05, 0) is 42.5 Å². The minimum atomic E-state index is 0.177. The van der Waals surface area contributed by atoms with Crippen LogP contribution in [0.3, 0.4) is 0 Å². The summed E-state index contributed by atoms with van der Waals surface area (Å²) in [5.74, 6) is 1.48. The Morgan fingerprint density at radius 1 is 1.38 bits per heavy atom. The lowest BCUT2D eigenvalue weighted by Gasteiger charge is -2.34. The lowest BCUT2D eigenvalue weighted by molar-refractivity contribution is -0.134. The highest BCUT2D eigenvalue weighted by Crippen LogP contribution is 2.24. The van der Waals surface area contributed by atoms with Gasteiger partial charge in [0.1, 0.15) is 0 Å². The first kappa shape index (κ1) is 19.2. The number of aryl methyl sites for hydroxylation is 1. The van der Waals surface area contributed by atoms with Crippen LogP contribution in [-0.4, -0.2) is 48.9 Å². The zero-order chi connectivity index (χ0) is 17.5. The second kappa shape index (κ2) is 9.39. The number of aromatic nitrogens is 4. The SMILES string of the molecule is CCN(C(=O)CCC(S)C(C)Cc1nnnn1C)C1CCCCC1. The van der Waals surface area contributed by atoms with Gasteiger partial charge < -0.3 is 4.90 Å². The molecule has 0 N–H and O–H groups in total. The van der Waals surface area contributed by atoms with Crippen molar-refractivity contribution in [2.45, 2.75) is 76.5 Å². The van der Waals surface area contributed by atoms with Crippen molar-refractivity contribution in [2.24, 2.45) is 13.0 Å². The van der Waals surface area contributed by atoms with E-state index in [-0.39, 0.29) is 11.2 Å². The van der Waals surface area contributed by atoms with Gasteiger partial charge in [-0.1, -0.05) is 26.2 Å². The van der Waals surface area contributed by atoms with E-state index in [1.807, 2.05) is 7.05 Å². The summed E-state index contributed by atoms with van der Waals surface area (Å²) in [6, 6.07) is 0.455. The summed E-state index contributed by atoms with van der Waals surface area (Å²) in [5, 5.41) is 11.7. The number of carbonyl (C=O) groups is 1. The fraction of sp³-hybridized carbons (Fsp3) is 0.882. The van der Waals surface area contributed by atoms with Crippen molar-refractivity contribution in [3.8, 4) is 0 Å². The Hall–Kier alpha value is -1.11. The van der Waals surface area contributed by atoms with Crippen molar-refractivity contribution >= 4 is 18.5 Å². The fourth-order valence-electron chi connectivity index (χ4n) is 3.58. The van der Waals surface area contributed by atoms with Crippen LogP contribution in [0.25, 0.3) is 0 Å². The predicted molar refractivity (Wildman–Crippen MR) is 97.9 cm³/mol. The third-order valence-electron chi connectivity index (χ3n) is 5.20. The summed E-state index contributed by atoms with van der Waals surface area (Å²) >= 11 is 4.72. The molecular weight excluding hydrogens is 322 g/mol. The summed E-state index contributed by atoms with van der Waals surface area (Å²) < 4.78 is 1.70. The molecule has 0 radical (unpaired) electrons. The molecule has 0 spiro atoms. The lowest BCUT2D eigenvalue weighted by atomic mass is 9.93. The average Bonchev–Trinajstić information content (AvgIpc) is 2.99. The largest absolute Gasteiger partial charge is 0.340 e. The van der Waals surface area contributed by atoms with Crippen LogP contribution >= 0.6 is 12.6 Å². The third kappa shape index (κ3) is 5.19. The van der Waals surface area contributed by atoms with Gasteiger partial charge in [-0.2, -0.15) is 12.6 Å². The van der Waals surface area contributed by atoms with Crippen molar-refractivity contribution in [2.75, 3.05) is 6.54 Å². The van der Waals surface area contributed by atoms with Crippen LogP contribution in [0.1, 0.15) is 64.6 Å². The van der Waals surface area contributed by atoms with Gasteiger partial charge in [0.05, 0.1) is 0 Å². The van der Waals surface area contributed by atoms with E-state index in [9.17, 15) is 4.79 Å². The summed E-state index contributed by atoms with van der Waals surface area (Å²) in [5.41, 5.74) is 0. The molecule has 1 aromatic heterocycles. The van der Waals surface area contributed by atoms with Gasteiger partial charge in [-0.15, -0.1) is 5.10 Å². The van der Waals surface area contributed by atoms with Gasteiger partial charge in [-0.25, -0.2) is 4.68 Å². The molecule has 1 fully saturated rings. The van der Waals surface area contributed by atoms with E-state index in [1.54, 1.807) is 4.68 Å². The van der Waals surface area contributed by atoms with Crippen molar-refractivity contribution in [3.05, 3.63) is 5.82 Å². The van der Waals surface area contributed by atoms with Crippen LogP contribution in [0.2, 0.25) is 0 Å². The molecule has 2 atom stereocenters. The van der Waals surface area contributed by atoms with Crippen LogP contribution < -0.4 is 0 Å². The first-order chi connectivity index (χ1) is 11.5. The first-order valence-corrected chi connectivity index (χ1v) is 9.73. The minimum Gasteiger partial charge on any atom is -0.340 e. The number of amides is 1. The summed E-state index contributed by atoms with van der Waals surface area (Å²) in [7, 11) is 1.85. The zero-order valence-electron chi connectivity index (χ0n) is 15.2. The molecule has 1 aliphatic rings. The van der Waals surface area contributed by atoms with Crippen LogP contribution in [0.4, 0.5) is 0 Å². The Morgan fingerprint density at radius 2 is 2.08 bits per heavy atom. The van der Waals surface area contributed by atoms with E-state index in [0.29, 0.717) is 18.4 Å². The molecule has 136 valence electrons. The molecule has 7 heteroatoms. The van der Waals surface area contributed by atoms with E-state index in [1.165, 1.54) is 32.1 Å². The smallest absolute Gasteiger partial charge is 0.222 e. The molecule has 1 aliphatic carbocycles. The van der Waals surface area contributed by atoms with E-state index in [4.69, 9.17) is 12.6 Å². The highest BCUT2D eigenvalue weighted by Gasteiger charge is 2.25. The standard InChI is InChI=1S/C17H31N5OS/c1-4-22(14-8-6-5-7-9-14)17(23)11-10-15(24)13(2)12-16-18-19-20-21(16)3/h13-15,24H,4-12H2,1-3H3. The molecule has 0 aliphatic heterocycles. The molecule has 1 heterocycles. The zero-order valence-corrected chi connectivity index (χ0v) is 16.1. The minimum absolute atomic E-state index is 0.177. The Labute approximate surface area is 150 Å². The van der Waals surface area contributed by atoms with Crippen LogP contribution in [0.15, 0.2) is 0 Å². The number of nitrogens with zero attached hydrogens (tertiary/aromatic N) is 5. The molecule has 0 aromatic carbocycles. The second-order valence-electron chi connectivity index (χ2n) is 6.98. The van der Waals surface area contributed by atoms with Gasteiger partial charge in [-0.3, -0.25) is 4.79 Å². The maximum Gasteiger partial charge on any atom is 0.222 e. The molecule has 2 unspecified atom stereocenters. The molecule has 1 saturated carbocycles. The van der Waals surface area contributed by atoms with Gasteiger partial charge in [0.2, 0.25) is 5.91 Å². The first-order valence-electron chi connectivity index (χ1n) is 9.21. The van der Waals surface area contributed by atoms with Crippen LogP contribution in [0, 0.1) is 5.92 Å². The van der Waals surface area contributed by atoms with Gasteiger partial charge in [0.25, 0.3) is 0 Å². The maximum absolute atomic E-state index is 12.6. The molecule has 0 saturated heterocycles. The molecular formula is C17H31N5OS. The highest BCUT2D eigenvalue weighted by atomic mass is 32.1.